The quantitative estimate of drug-likeness (QED) is 0.753. The van der Waals surface area contributed by atoms with Crippen molar-refractivity contribution in [3.8, 4) is 0 Å². The van der Waals surface area contributed by atoms with Gasteiger partial charge in [-0.3, -0.25) is 0 Å². The van der Waals surface area contributed by atoms with Gasteiger partial charge in [-0.05, 0) is 24.6 Å². The van der Waals surface area contributed by atoms with Crippen molar-refractivity contribution < 1.29 is 13.5 Å². The molecule has 2 nitrogen and oxygen atoms in total. The summed E-state index contributed by atoms with van der Waals surface area (Å²) >= 11 is 0. The fourth-order valence-corrected chi connectivity index (χ4v) is 1.41. The standard InChI is InChI=1S/C10H11F2NO/c11-6-1-2-9(12)8(3-6)10(13)4-7-5-14-7/h1-3,7,10H,4-5,13H2/t7?,10-/m0/s1. The third-order valence-corrected chi connectivity index (χ3v) is 2.28. The fourth-order valence-electron chi connectivity index (χ4n) is 1.41. The molecular weight excluding hydrogens is 188 g/mol. The minimum atomic E-state index is -0.488. The number of epoxide rings is 1. The van der Waals surface area contributed by atoms with Crippen molar-refractivity contribution in [2.45, 2.75) is 18.6 Å². The van der Waals surface area contributed by atoms with E-state index in [0.29, 0.717) is 13.0 Å². The van der Waals surface area contributed by atoms with E-state index in [4.69, 9.17) is 10.5 Å². The molecule has 1 heterocycles. The molecule has 1 aliphatic rings. The van der Waals surface area contributed by atoms with Crippen LogP contribution < -0.4 is 5.73 Å². The molecule has 1 fully saturated rings. The molecule has 1 aromatic carbocycles. The number of nitrogens with two attached hydrogens (primary N) is 1. The Morgan fingerprint density at radius 2 is 2.21 bits per heavy atom. The van der Waals surface area contributed by atoms with E-state index in [1.54, 1.807) is 0 Å². The maximum absolute atomic E-state index is 13.2. The van der Waals surface area contributed by atoms with Gasteiger partial charge in [0.25, 0.3) is 0 Å². The summed E-state index contributed by atoms with van der Waals surface area (Å²) in [5.41, 5.74) is 5.94. The van der Waals surface area contributed by atoms with Crippen LogP contribution in [-0.4, -0.2) is 12.7 Å². The van der Waals surface area contributed by atoms with E-state index in [2.05, 4.69) is 0 Å². The van der Waals surface area contributed by atoms with Crippen LogP contribution in [0, 0.1) is 11.6 Å². The van der Waals surface area contributed by atoms with Gasteiger partial charge in [0.2, 0.25) is 0 Å². The second-order valence-electron chi connectivity index (χ2n) is 3.46. The summed E-state index contributed by atoms with van der Waals surface area (Å²) in [4.78, 5) is 0. The van der Waals surface area contributed by atoms with Crippen molar-refractivity contribution in [2.75, 3.05) is 6.61 Å². The summed E-state index contributed by atoms with van der Waals surface area (Å²) in [5, 5.41) is 0. The van der Waals surface area contributed by atoms with Crippen molar-refractivity contribution in [3.05, 3.63) is 35.4 Å². The van der Waals surface area contributed by atoms with E-state index in [1.807, 2.05) is 0 Å². The van der Waals surface area contributed by atoms with E-state index < -0.39 is 17.7 Å². The Bertz CT molecular complexity index is 339. The Hall–Kier alpha value is -1.00. The number of ether oxygens (including phenoxy) is 1. The zero-order valence-electron chi connectivity index (χ0n) is 7.54. The highest BCUT2D eigenvalue weighted by atomic mass is 19.1. The first-order valence-electron chi connectivity index (χ1n) is 4.49. The summed E-state index contributed by atoms with van der Waals surface area (Å²) < 4.78 is 31.0. The van der Waals surface area contributed by atoms with Crippen LogP contribution in [-0.2, 0) is 4.74 Å². The van der Waals surface area contributed by atoms with Crippen LogP contribution in [0.2, 0.25) is 0 Å². The van der Waals surface area contributed by atoms with E-state index in [9.17, 15) is 8.78 Å². The van der Waals surface area contributed by atoms with Crippen LogP contribution in [0.1, 0.15) is 18.0 Å². The van der Waals surface area contributed by atoms with Gasteiger partial charge < -0.3 is 10.5 Å². The van der Waals surface area contributed by atoms with Gasteiger partial charge in [-0.2, -0.15) is 0 Å². The third-order valence-electron chi connectivity index (χ3n) is 2.28. The van der Waals surface area contributed by atoms with E-state index in [-0.39, 0.29) is 11.7 Å². The first kappa shape index (κ1) is 9.55. The number of benzene rings is 1. The van der Waals surface area contributed by atoms with Crippen molar-refractivity contribution >= 4 is 0 Å². The van der Waals surface area contributed by atoms with Gasteiger partial charge in [-0.15, -0.1) is 0 Å². The second-order valence-corrected chi connectivity index (χ2v) is 3.46. The second kappa shape index (κ2) is 3.63. The van der Waals surface area contributed by atoms with Gasteiger partial charge in [0.05, 0.1) is 12.7 Å². The lowest BCUT2D eigenvalue weighted by atomic mass is 10.0. The van der Waals surface area contributed by atoms with Crippen LogP contribution in [0.15, 0.2) is 18.2 Å². The largest absolute Gasteiger partial charge is 0.373 e. The van der Waals surface area contributed by atoms with Crippen LogP contribution in [0.25, 0.3) is 0 Å². The summed E-state index contributed by atoms with van der Waals surface area (Å²) in [6, 6.07) is 2.83. The van der Waals surface area contributed by atoms with Crippen LogP contribution in [0.3, 0.4) is 0 Å². The fraction of sp³-hybridized carbons (Fsp3) is 0.400. The molecule has 0 aliphatic carbocycles. The Kier molecular flexibility index (Phi) is 2.48. The average Bonchev–Trinajstić information content (AvgIpc) is 2.93. The van der Waals surface area contributed by atoms with Crippen LogP contribution in [0.4, 0.5) is 8.78 Å². The summed E-state index contributed by atoms with van der Waals surface area (Å²) in [7, 11) is 0. The Morgan fingerprint density at radius 1 is 1.50 bits per heavy atom. The molecule has 2 N–H and O–H groups in total. The van der Waals surface area contributed by atoms with Crippen LogP contribution in [0.5, 0.6) is 0 Å². The Labute approximate surface area is 80.7 Å². The molecule has 14 heavy (non-hydrogen) atoms. The zero-order chi connectivity index (χ0) is 10.1. The maximum Gasteiger partial charge on any atom is 0.128 e. The lowest BCUT2D eigenvalue weighted by Crippen LogP contribution is -2.14. The average molecular weight is 199 g/mol. The molecule has 1 aromatic rings. The normalized spacial score (nSPS) is 22.1. The highest BCUT2D eigenvalue weighted by Gasteiger charge is 2.26. The molecule has 2 rings (SSSR count). The predicted molar refractivity (Wildman–Crippen MR) is 47.6 cm³/mol. The first-order valence-corrected chi connectivity index (χ1v) is 4.49. The van der Waals surface area contributed by atoms with E-state index in [1.165, 1.54) is 0 Å². The number of hydrogen-bond donors (Lipinski definition) is 1. The van der Waals surface area contributed by atoms with Gasteiger partial charge in [0.15, 0.2) is 0 Å². The van der Waals surface area contributed by atoms with Crippen molar-refractivity contribution in [2.24, 2.45) is 5.73 Å². The molecule has 0 spiro atoms. The molecule has 0 bridgehead atoms. The highest BCUT2D eigenvalue weighted by Crippen LogP contribution is 2.25. The molecule has 0 radical (unpaired) electrons. The maximum atomic E-state index is 13.2. The lowest BCUT2D eigenvalue weighted by molar-refractivity contribution is 0.379. The summed E-state index contributed by atoms with van der Waals surface area (Å²) in [5.74, 6) is -0.923. The van der Waals surface area contributed by atoms with E-state index >= 15 is 0 Å². The number of rotatable bonds is 3. The number of halogens is 2. The summed E-state index contributed by atoms with van der Waals surface area (Å²) in [6.07, 6.45) is 0.660. The third kappa shape index (κ3) is 2.08. The molecule has 0 amide bonds. The lowest BCUT2D eigenvalue weighted by Gasteiger charge is -2.11. The highest BCUT2D eigenvalue weighted by molar-refractivity contribution is 5.22. The first-order chi connectivity index (χ1) is 6.66. The SMILES string of the molecule is N[C@@H](CC1CO1)c1cc(F)ccc1F. The van der Waals surface area contributed by atoms with Gasteiger partial charge in [-0.25, -0.2) is 8.78 Å². The molecule has 0 aromatic heterocycles. The molecule has 2 atom stereocenters. The smallest absolute Gasteiger partial charge is 0.128 e. The Morgan fingerprint density at radius 3 is 2.86 bits per heavy atom. The van der Waals surface area contributed by atoms with Gasteiger partial charge in [-0.1, -0.05) is 0 Å². The van der Waals surface area contributed by atoms with Crippen molar-refractivity contribution in [1.29, 1.82) is 0 Å². The monoisotopic (exact) mass is 199 g/mol. The molecular formula is C10H11F2NO. The van der Waals surface area contributed by atoms with Crippen LogP contribution >= 0.6 is 0 Å². The summed E-state index contributed by atoms with van der Waals surface area (Å²) in [6.45, 7) is 0.671. The van der Waals surface area contributed by atoms with Gasteiger partial charge in [0.1, 0.15) is 11.6 Å². The Balaban J connectivity index is 2.15. The minimum Gasteiger partial charge on any atom is -0.373 e. The molecule has 76 valence electrons. The molecule has 0 saturated carbocycles. The van der Waals surface area contributed by atoms with Crippen molar-refractivity contribution in [3.63, 3.8) is 0 Å². The minimum absolute atomic E-state index is 0.118. The van der Waals surface area contributed by atoms with Crippen molar-refractivity contribution in [1.82, 2.24) is 0 Å². The molecule has 4 heteroatoms. The predicted octanol–water partition coefficient (Wildman–Crippen LogP) is 1.75. The molecule has 1 aliphatic heterocycles. The molecule has 1 saturated heterocycles. The molecule has 1 unspecified atom stereocenters. The van der Waals surface area contributed by atoms with Gasteiger partial charge in [0, 0.05) is 11.6 Å². The van der Waals surface area contributed by atoms with Gasteiger partial charge >= 0.3 is 0 Å². The zero-order valence-corrected chi connectivity index (χ0v) is 7.54. The number of hydrogen-bond acceptors (Lipinski definition) is 2. The topological polar surface area (TPSA) is 38.5 Å². The van der Waals surface area contributed by atoms with E-state index in [0.717, 1.165) is 18.2 Å².